The molecule has 0 radical (unpaired) electrons. The van der Waals surface area contributed by atoms with E-state index in [1.807, 2.05) is 4.68 Å². The number of fused-ring (bicyclic) bond motifs is 1. The third kappa shape index (κ3) is 2.62. The third-order valence-electron chi connectivity index (χ3n) is 4.46. The summed E-state index contributed by atoms with van der Waals surface area (Å²) in [5, 5.41) is 4.92. The van der Waals surface area contributed by atoms with Gasteiger partial charge in [-0.05, 0) is 39.5 Å². The molecule has 1 aliphatic rings. The summed E-state index contributed by atoms with van der Waals surface area (Å²) in [6.45, 7) is 10.3. The van der Waals surface area contributed by atoms with Crippen LogP contribution in [0.25, 0.3) is 11.0 Å². The van der Waals surface area contributed by atoms with E-state index in [4.69, 9.17) is 4.98 Å². The summed E-state index contributed by atoms with van der Waals surface area (Å²) in [5.74, 6) is 1.36. The van der Waals surface area contributed by atoms with E-state index >= 15 is 0 Å². The molecule has 1 N–H and O–H groups in total. The minimum atomic E-state index is -0.201. The molecule has 0 saturated carbocycles. The number of aromatic amines is 1. The molecule has 0 bridgehead atoms. The summed E-state index contributed by atoms with van der Waals surface area (Å²) < 4.78 is 1.84. The first-order valence-corrected chi connectivity index (χ1v) is 8.13. The number of H-pyrrole nitrogens is 1. The zero-order valence-electron chi connectivity index (χ0n) is 13.9. The van der Waals surface area contributed by atoms with Crippen LogP contribution in [0.3, 0.4) is 0 Å². The Morgan fingerprint density at radius 1 is 1.41 bits per heavy atom. The Morgan fingerprint density at radius 3 is 2.86 bits per heavy atom. The number of nitrogens with one attached hydrogen (secondary N) is 1. The number of hydrogen-bond acceptors (Lipinski definition) is 4. The number of nitrogens with zero attached hydrogens (tertiary/aromatic N) is 4. The molecule has 1 aliphatic heterocycles. The van der Waals surface area contributed by atoms with Crippen LogP contribution in [0, 0.1) is 5.92 Å². The lowest BCUT2D eigenvalue weighted by Crippen LogP contribution is -2.37. The number of anilines is 1. The normalized spacial score (nSPS) is 19.8. The highest BCUT2D eigenvalue weighted by Gasteiger charge is 2.24. The van der Waals surface area contributed by atoms with E-state index < -0.39 is 0 Å². The fourth-order valence-corrected chi connectivity index (χ4v) is 3.14. The van der Waals surface area contributed by atoms with Crippen molar-refractivity contribution in [3.8, 4) is 0 Å². The first-order valence-electron chi connectivity index (χ1n) is 8.13. The minimum absolute atomic E-state index is 0.103. The van der Waals surface area contributed by atoms with Crippen LogP contribution in [0.4, 0.5) is 5.95 Å². The van der Waals surface area contributed by atoms with Crippen molar-refractivity contribution in [1.82, 2.24) is 19.7 Å². The Hall–Kier alpha value is -1.85. The number of aromatic nitrogens is 4. The van der Waals surface area contributed by atoms with Crippen LogP contribution >= 0.6 is 0 Å². The predicted molar refractivity (Wildman–Crippen MR) is 88.4 cm³/mol. The maximum absolute atomic E-state index is 12.4. The topological polar surface area (TPSA) is 66.8 Å². The van der Waals surface area contributed by atoms with E-state index in [9.17, 15) is 4.79 Å². The number of rotatable bonds is 2. The molecule has 1 atom stereocenters. The molecule has 6 heteroatoms. The van der Waals surface area contributed by atoms with E-state index in [1.54, 1.807) is 6.20 Å². The van der Waals surface area contributed by atoms with Gasteiger partial charge in [-0.3, -0.25) is 9.78 Å². The van der Waals surface area contributed by atoms with Gasteiger partial charge in [0.15, 0.2) is 5.65 Å². The van der Waals surface area contributed by atoms with Gasteiger partial charge in [0.1, 0.15) is 5.39 Å². The fourth-order valence-electron chi connectivity index (χ4n) is 3.14. The van der Waals surface area contributed by atoms with Crippen molar-refractivity contribution in [1.29, 1.82) is 0 Å². The van der Waals surface area contributed by atoms with Gasteiger partial charge in [0.2, 0.25) is 5.95 Å². The van der Waals surface area contributed by atoms with Crippen molar-refractivity contribution in [3.05, 3.63) is 16.6 Å². The zero-order chi connectivity index (χ0) is 15.9. The molecule has 1 fully saturated rings. The Morgan fingerprint density at radius 2 is 2.18 bits per heavy atom. The predicted octanol–water partition coefficient (Wildman–Crippen LogP) is 2.50. The van der Waals surface area contributed by atoms with Crippen LogP contribution in [0.2, 0.25) is 0 Å². The summed E-state index contributed by atoms with van der Waals surface area (Å²) >= 11 is 0. The molecule has 6 nitrogen and oxygen atoms in total. The van der Waals surface area contributed by atoms with Gasteiger partial charge < -0.3 is 4.90 Å². The van der Waals surface area contributed by atoms with Gasteiger partial charge in [0.05, 0.1) is 11.7 Å². The summed E-state index contributed by atoms with van der Waals surface area (Å²) in [6, 6.07) is 0. The second-order valence-electron chi connectivity index (χ2n) is 7.22. The lowest BCUT2D eigenvalue weighted by molar-refractivity contribution is 0.365. The van der Waals surface area contributed by atoms with Gasteiger partial charge in [-0.2, -0.15) is 10.1 Å². The van der Waals surface area contributed by atoms with Gasteiger partial charge in [-0.1, -0.05) is 13.3 Å². The van der Waals surface area contributed by atoms with E-state index in [1.165, 1.54) is 12.8 Å². The van der Waals surface area contributed by atoms with Crippen LogP contribution in [0.1, 0.15) is 47.0 Å². The van der Waals surface area contributed by atoms with E-state index in [2.05, 4.69) is 42.7 Å². The molecule has 3 rings (SSSR count). The summed E-state index contributed by atoms with van der Waals surface area (Å²) in [7, 11) is 0. The number of hydrogen-bond donors (Lipinski definition) is 1. The highest BCUT2D eigenvalue weighted by molar-refractivity contribution is 5.74. The number of piperidine rings is 1. The standard InChI is InChI=1S/C16H25N5O/c1-5-11-7-6-8-20(10-11)15-18-13-12(14(22)19-15)9-17-21(13)16(2,3)4/h9,11H,5-8,10H2,1-4H3,(H,18,19,22). The average Bonchev–Trinajstić information content (AvgIpc) is 2.92. The molecular weight excluding hydrogens is 278 g/mol. The first-order chi connectivity index (χ1) is 10.4. The van der Waals surface area contributed by atoms with Gasteiger partial charge in [-0.25, -0.2) is 4.68 Å². The van der Waals surface area contributed by atoms with E-state index in [0.717, 1.165) is 19.5 Å². The van der Waals surface area contributed by atoms with Crippen molar-refractivity contribution in [2.24, 2.45) is 5.92 Å². The molecule has 1 saturated heterocycles. The third-order valence-corrected chi connectivity index (χ3v) is 4.46. The van der Waals surface area contributed by atoms with Gasteiger partial charge >= 0.3 is 0 Å². The Bertz CT molecular complexity index is 724. The highest BCUT2D eigenvalue weighted by Crippen LogP contribution is 2.24. The molecular formula is C16H25N5O. The summed E-state index contributed by atoms with van der Waals surface area (Å²) in [6.07, 6.45) is 5.20. The monoisotopic (exact) mass is 303 g/mol. The quantitative estimate of drug-likeness (QED) is 0.925. The van der Waals surface area contributed by atoms with Crippen LogP contribution in [0.15, 0.2) is 11.0 Å². The molecule has 120 valence electrons. The Labute approximate surface area is 130 Å². The molecule has 1 unspecified atom stereocenters. The van der Waals surface area contributed by atoms with Crippen molar-refractivity contribution in [3.63, 3.8) is 0 Å². The van der Waals surface area contributed by atoms with Crippen LogP contribution in [-0.4, -0.2) is 32.8 Å². The summed E-state index contributed by atoms with van der Waals surface area (Å²) in [5.41, 5.74) is 0.368. The molecule has 22 heavy (non-hydrogen) atoms. The van der Waals surface area contributed by atoms with Gasteiger partial charge in [-0.15, -0.1) is 0 Å². The smallest absolute Gasteiger partial charge is 0.263 e. The zero-order valence-corrected chi connectivity index (χ0v) is 13.9. The molecule has 2 aromatic rings. The average molecular weight is 303 g/mol. The first kappa shape index (κ1) is 15.1. The minimum Gasteiger partial charge on any atom is -0.342 e. The molecule has 0 aromatic carbocycles. The molecule has 0 aliphatic carbocycles. The van der Waals surface area contributed by atoms with Crippen LogP contribution in [-0.2, 0) is 5.54 Å². The largest absolute Gasteiger partial charge is 0.342 e. The van der Waals surface area contributed by atoms with E-state index in [-0.39, 0.29) is 11.1 Å². The lowest BCUT2D eigenvalue weighted by Gasteiger charge is -2.32. The maximum atomic E-state index is 12.4. The lowest BCUT2D eigenvalue weighted by atomic mass is 9.96. The Kier molecular flexibility index (Phi) is 3.70. The molecule has 0 amide bonds. The fraction of sp³-hybridized carbons (Fsp3) is 0.688. The second kappa shape index (κ2) is 5.41. The van der Waals surface area contributed by atoms with Crippen LogP contribution in [0.5, 0.6) is 0 Å². The van der Waals surface area contributed by atoms with Crippen molar-refractivity contribution < 1.29 is 0 Å². The van der Waals surface area contributed by atoms with Gasteiger partial charge in [0, 0.05) is 13.1 Å². The van der Waals surface area contributed by atoms with Crippen LogP contribution < -0.4 is 10.5 Å². The van der Waals surface area contributed by atoms with Crippen molar-refractivity contribution in [2.45, 2.75) is 52.5 Å². The SMILES string of the molecule is CCC1CCCN(c2nc3c(cnn3C(C)(C)C)c(=O)[nH]2)C1. The highest BCUT2D eigenvalue weighted by atomic mass is 16.1. The van der Waals surface area contributed by atoms with E-state index in [0.29, 0.717) is 22.9 Å². The maximum Gasteiger partial charge on any atom is 0.263 e. The van der Waals surface area contributed by atoms with Crippen molar-refractivity contribution >= 4 is 17.0 Å². The molecule has 3 heterocycles. The molecule has 2 aromatic heterocycles. The van der Waals surface area contributed by atoms with Gasteiger partial charge in [0.25, 0.3) is 5.56 Å². The Balaban J connectivity index is 2.06. The summed E-state index contributed by atoms with van der Waals surface area (Å²) in [4.78, 5) is 22.2. The molecule has 0 spiro atoms. The van der Waals surface area contributed by atoms with Crippen molar-refractivity contribution in [2.75, 3.05) is 18.0 Å². The second-order valence-corrected chi connectivity index (χ2v) is 7.22.